The molecule has 2 amide bonds. The zero-order chi connectivity index (χ0) is 41.5. The highest BCUT2D eigenvalue weighted by molar-refractivity contribution is 5.84. The first-order valence-electron chi connectivity index (χ1n) is 18.4. The van der Waals surface area contributed by atoms with E-state index in [4.69, 9.17) is 28.4 Å². The predicted octanol–water partition coefficient (Wildman–Crippen LogP) is 7.26. The monoisotopic (exact) mass is 790 g/mol. The van der Waals surface area contributed by atoms with E-state index in [2.05, 4.69) is 0 Å². The van der Waals surface area contributed by atoms with Crippen LogP contribution in [0.15, 0.2) is 84.9 Å². The Morgan fingerprint density at radius 1 is 0.579 bits per heavy atom. The van der Waals surface area contributed by atoms with Gasteiger partial charge in [-0.1, -0.05) is 75.0 Å². The van der Waals surface area contributed by atoms with Crippen LogP contribution in [0.4, 0.5) is 0 Å². The van der Waals surface area contributed by atoms with Gasteiger partial charge < -0.3 is 48.4 Å². The lowest BCUT2D eigenvalue weighted by Gasteiger charge is -2.32. The average molecular weight is 791 g/mol. The molecular weight excluding hydrogens is 728 g/mol. The van der Waals surface area contributed by atoms with Crippen LogP contribution in [0.1, 0.15) is 75.0 Å². The summed E-state index contributed by atoms with van der Waals surface area (Å²) in [5, 5.41) is 21.3. The van der Waals surface area contributed by atoms with Gasteiger partial charge in [-0.2, -0.15) is 0 Å². The summed E-state index contributed by atoms with van der Waals surface area (Å²) in [7, 11) is 12.7. The Labute approximate surface area is 338 Å². The van der Waals surface area contributed by atoms with Crippen LogP contribution in [0.2, 0.25) is 0 Å². The quantitative estimate of drug-likeness (QED) is 0.113. The minimum Gasteiger partial charge on any atom is -0.493 e. The molecule has 4 rings (SSSR count). The molecule has 2 N–H and O–H groups in total. The van der Waals surface area contributed by atoms with Gasteiger partial charge >= 0.3 is 0 Å². The summed E-state index contributed by atoms with van der Waals surface area (Å²) >= 11 is 0. The number of aliphatic hydroxyl groups is 2. The number of hydrogen-bond donors (Lipinski definition) is 2. The third kappa shape index (κ3) is 11.8. The summed E-state index contributed by atoms with van der Waals surface area (Å²) in [6.45, 7) is 5.63. The van der Waals surface area contributed by atoms with Crippen molar-refractivity contribution in [2.75, 3.05) is 56.8 Å². The summed E-state index contributed by atoms with van der Waals surface area (Å²) in [4.78, 5) is 29.2. The van der Waals surface area contributed by atoms with Gasteiger partial charge in [-0.25, -0.2) is 0 Å². The number of aliphatic hydroxyl groups excluding tert-OH is 2. The number of nitrogens with zero attached hydrogens (tertiary/aromatic N) is 2. The fourth-order valence-electron chi connectivity index (χ4n) is 6.35. The molecule has 0 aromatic heterocycles. The molecule has 0 heterocycles. The fourth-order valence-corrected chi connectivity index (χ4v) is 6.35. The third-order valence-electron chi connectivity index (χ3n) is 10.0. The second-order valence-corrected chi connectivity index (χ2v) is 13.3. The smallest absolute Gasteiger partial charge is 0.230 e. The summed E-state index contributed by atoms with van der Waals surface area (Å²) in [6.07, 6.45) is -0.794. The van der Waals surface area contributed by atoms with Crippen molar-refractivity contribution in [3.05, 3.63) is 107 Å². The number of carbonyl (C=O) groups is 2. The van der Waals surface area contributed by atoms with E-state index < -0.39 is 18.1 Å². The first-order chi connectivity index (χ1) is 26.8. The van der Waals surface area contributed by atoms with Crippen molar-refractivity contribution in [3.8, 4) is 34.5 Å². The topological polar surface area (TPSA) is 136 Å². The number of amides is 2. The lowest BCUT2D eigenvalue weighted by molar-refractivity contribution is -0.135. The number of rotatable bonds is 17. The molecule has 0 fully saturated rings. The Balaban J connectivity index is 0.000000388. The highest BCUT2D eigenvalue weighted by Crippen LogP contribution is 2.41. The maximum atomic E-state index is 13.3. The zero-order valence-corrected chi connectivity index (χ0v) is 34.4. The predicted molar refractivity (Wildman–Crippen MR) is 223 cm³/mol. The van der Waals surface area contributed by atoms with Crippen molar-refractivity contribution in [1.82, 2.24) is 9.80 Å². The fraction of sp³-hybridized carbons (Fsp3) is 0.422. The van der Waals surface area contributed by atoms with Crippen molar-refractivity contribution < 1.29 is 48.2 Å². The summed E-state index contributed by atoms with van der Waals surface area (Å²) < 4.78 is 32.2. The van der Waals surface area contributed by atoms with Gasteiger partial charge in [0.25, 0.3) is 0 Å². The van der Waals surface area contributed by atoms with Gasteiger partial charge in [0.15, 0.2) is 23.0 Å². The van der Waals surface area contributed by atoms with E-state index in [9.17, 15) is 19.8 Å². The molecular formula is C45H62N2O10. The molecule has 5 atom stereocenters. The standard InChI is InChI=1S/C23H31NO5.C21H27NO5.CH4/c1-7-18(17-13-19(27-4)22(29-6)20(14-17)28-5)23(26)24(3)15(2)21(25)16-11-9-8-10-12-16;1-14(20(24)16-9-7-6-8-10-16)22(2)19(23)13-15-11-17(25-3)21(27-5)18(12-15)26-4;/h8-15,18,21,25H,7H2,1-6H3;6-12,14,20,24H,13H2,1-5H3;1H4/t15-,18+,21+;14-,20+;/m00./s1. The van der Waals surface area contributed by atoms with E-state index in [1.165, 1.54) is 21.3 Å². The number of carbonyl (C=O) groups excluding carboxylic acids is 2. The molecule has 57 heavy (non-hydrogen) atoms. The van der Waals surface area contributed by atoms with Crippen LogP contribution >= 0.6 is 0 Å². The molecule has 4 aromatic carbocycles. The van der Waals surface area contributed by atoms with Gasteiger partial charge in [-0.3, -0.25) is 9.59 Å². The first kappa shape index (κ1) is 47.7. The third-order valence-corrected chi connectivity index (χ3v) is 10.0. The average Bonchev–Trinajstić information content (AvgIpc) is 3.24. The Morgan fingerprint density at radius 3 is 1.30 bits per heavy atom. The lowest BCUT2D eigenvalue weighted by atomic mass is 9.93. The minimum absolute atomic E-state index is 0. The first-order valence-corrected chi connectivity index (χ1v) is 18.4. The summed E-state index contributed by atoms with van der Waals surface area (Å²) in [5.74, 6) is 2.38. The Bertz CT molecular complexity index is 1790. The molecule has 0 spiro atoms. The SMILES string of the molecule is C.CC[C@@H](C(=O)N(C)[C@@H](C)[C@@H](O)c1ccccc1)c1cc(OC)c(OC)c(OC)c1.COc1cc(CC(=O)N(C)[C@@H](C)[C@@H](O)c2ccccc2)cc(OC)c1OC. The van der Waals surface area contributed by atoms with Gasteiger partial charge in [-0.05, 0) is 66.8 Å². The molecule has 4 aromatic rings. The van der Waals surface area contributed by atoms with Crippen LogP contribution in [0, 0.1) is 0 Å². The summed E-state index contributed by atoms with van der Waals surface area (Å²) in [5.41, 5.74) is 3.07. The number of benzene rings is 4. The van der Waals surface area contributed by atoms with E-state index in [1.807, 2.05) is 81.4 Å². The number of ether oxygens (including phenoxy) is 6. The molecule has 0 saturated carbocycles. The zero-order valence-electron chi connectivity index (χ0n) is 34.4. The van der Waals surface area contributed by atoms with Gasteiger partial charge in [0.2, 0.25) is 23.3 Å². The van der Waals surface area contributed by atoms with Gasteiger partial charge in [0.1, 0.15) is 0 Å². The molecule has 0 unspecified atom stereocenters. The molecule has 0 saturated heterocycles. The molecule has 0 aliphatic rings. The summed E-state index contributed by atoms with van der Waals surface area (Å²) in [6, 6.07) is 25.0. The van der Waals surface area contributed by atoms with E-state index in [-0.39, 0.29) is 37.7 Å². The van der Waals surface area contributed by atoms with E-state index in [0.717, 1.165) is 22.3 Å². The second kappa shape index (κ2) is 22.9. The number of hydrogen-bond acceptors (Lipinski definition) is 10. The largest absolute Gasteiger partial charge is 0.493 e. The van der Waals surface area contributed by atoms with Gasteiger partial charge in [0.05, 0.1) is 79.3 Å². The number of likely N-dealkylation sites (N-methyl/N-ethyl adjacent to an activating group) is 2. The Kier molecular flexibility index (Phi) is 19.2. The van der Waals surface area contributed by atoms with E-state index in [0.29, 0.717) is 40.9 Å². The highest BCUT2D eigenvalue weighted by atomic mass is 16.5. The van der Waals surface area contributed by atoms with Crippen LogP contribution in [-0.4, -0.2) is 101 Å². The molecule has 12 heteroatoms. The molecule has 0 aliphatic heterocycles. The van der Waals surface area contributed by atoms with Crippen molar-refractivity contribution in [2.24, 2.45) is 0 Å². The minimum atomic E-state index is -0.775. The van der Waals surface area contributed by atoms with Gasteiger partial charge in [-0.15, -0.1) is 0 Å². The van der Waals surface area contributed by atoms with E-state index in [1.54, 1.807) is 69.5 Å². The van der Waals surface area contributed by atoms with Crippen LogP contribution in [0.5, 0.6) is 34.5 Å². The van der Waals surface area contributed by atoms with Crippen LogP contribution in [-0.2, 0) is 16.0 Å². The maximum Gasteiger partial charge on any atom is 0.230 e. The van der Waals surface area contributed by atoms with Crippen molar-refractivity contribution in [1.29, 1.82) is 0 Å². The lowest BCUT2D eigenvalue weighted by Crippen LogP contribution is -2.41. The molecule has 0 radical (unpaired) electrons. The Hall–Kier alpha value is -5.46. The maximum absolute atomic E-state index is 13.3. The van der Waals surface area contributed by atoms with Crippen molar-refractivity contribution in [3.63, 3.8) is 0 Å². The van der Waals surface area contributed by atoms with Crippen LogP contribution < -0.4 is 28.4 Å². The van der Waals surface area contributed by atoms with Crippen LogP contribution in [0.25, 0.3) is 0 Å². The van der Waals surface area contributed by atoms with Crippen molar-refractivity contribution >= 4 is 11.8 Å². The number of methoxy groups -OCH3 is 6. The molecule has 0 bridgehead atoms. The highest BCUT2D eigenvalue weighted by Gasteiger charge is 2.31. The van der Waals surface area contributed by atoms with Crippen LogP contribution in [0.3, 0.4) is 0 Å². The Morgan fingerprint density at radius 2 is 0.947 bits per heavy atom. The van der Waals surface area contributed by atoms with Crippen molar-refractivity contribution in [2.45, 2.75) is 71.2 Å². The second-order valence-electron chi connectivity index (χ2n) is 13.3. The molecule has 0 aliphatic carbocycles. The molecule has 312 valence electrons. The molecule has 12 nitrogen and oxygen atoms in total. The normalized spacial score (nSPS) is 13.1. The van der Waals surface area contributed by atoms with Gasteiger partial charge in [0, 0.05) is 14.1 Å². The van der Waals surface area contributed by atoms with E-state index >= 15 is 0 Å².